The Balaban J connectivity index is 1.39. The Hall–Kier alpha value is -1.49. The highest BCUT2D eigenvalue weighted by Gasteiger charge is 2.40. The van der Waals surface area contributed by atoms with E-state index in [1.807, 2.05) is 11.8 Å². The molecule has 0 aromatic heterocycles. The average Bonchev–Trinajstić information content (AvgIpc) is 3.49. The third kappa shape index (κ3) is 6.68. The zero-order chi connectivity index (χ0) is 25.4. The van der Waals surface area contributed by atoms with E-state index in [4.69, 9.17) is 4.74 Å². The van der Waals surface area contributed by atoms with Crippen LogP contribution in [-0.2, 0) is 12.8 Å². The number of ether oxygens (including phenoxy) is 1. The van der Waals surface area contributed by atoms with E-state index in [1.165, 1.54) is 66.5 Å². The molecule has 4 heteroatoms. The first-order valence-electron chi connectivity index (χ1n) is 14.6. The zero-order valence-corrected chi connectivity index (χ0v) is 23.6. The van der Waals surface area contributed by atoms with E-state index >= 15 is 0 Å². The van der Waals surface area contributed by atoms with Crippen LogP contribution in [0.25, 0.3) is 0 Å². The van der Waals surface area contributed by atoms with Gasteiger partial charge in [0, 0.05) is 12.1 Å². The minimum atomic E-state index is -0.0893. The minimum Gasteiger partial charge on any atom is -0.475 e. The fourth-order valence-electron chi connectivity index (χ4n) is 5.94. The summed E-state index contributed by atoms with van der Waals surface area (Å²) in [6.07, 6.45) is 15.2. The molecule has 198 valence electrons. The second-order valence-electron chi connectivity index (χ2n) is 10.9. The summed E-state index contributed by atoms with van der Waals surface area (Å²) < 4.78 is 6.61. The number of hydrogen-bond acceptors (Lipinski definition) is 4. The second-order valence-corrected chi connectivity index (χ2v) is 12.3. The van der Waals surface area contributed by atoms with Gasteiger partial charge >= 0.3 is 0 Å². The zero-order valence-electron chi connectivity index (χ0n) is 22.8. The maximum absolute atomic E-state index is 10.4. The molecule has 0 radical (unpaired) electrons. The van der Waals surface area contributed by atoms with Gasteiger partial charge in [-0.05, 0) is 93.0 Å². The van der Waals surface area contributed by atoms with Crippen molar-refractivity contribution in [2.75, 3.05) is 6.73 Å². The molecule has 2 aliphatic rings. The molecule has 1 fully saturated rings. The summed E-state index contributed by atoms with van der Waals surface area (Å²) in [5.74, 6) is 1.06. The van der Waals surface area contributed by atoms with E-state index in [2.05, 4.69) is 68.1 Å². The van der Waals surface area contributed by atoms with Crippen molar-refractivity contribution in [3.8, 4) is 5.75 Å². The van der Waals surface area contributed by atoms with Crippen LogP contribution in [0.2, 0.25) is 0 Å². The number of unbranched alkanes of at least 4 members (excludes halogenated alkanes) is 3. The molecule has 2 aromatic carbocycles. The van der Waals surface area contributed by atoms with Crippen molar-refractivity contribution in [3.63, 3.8) is 0 Å². The topological polar surface area (TPSA) is 32.7 Å². The van der Waals surface area contributed by atoms with Gasteiger partial charge < -0.3 is 9.84 Å². The summed E-state index contributed by atoms with van der Waals surface area (Å²) in [5, 5.41) is 10.4. The van der Waals surface area contributed by atoms with Crippen LogP contribution in [0.1, 0.15) is 114 Å². The normalized spacial score (nSPS) is 21.0. The summed E-state index contributed by atoms with van der Waals surface area (Å²) in [4.78, 5) is 3.54. The van der Waals surface area contributed by atoms with Crippen LogP contribution in [0.4, 0.5) is 0 Å². The van der Waals surface area contributed by atoms with Crippen LogP contribution in [0, 0.1) is 0 Å². The number of benzene rings is 2. The van der Waals surface area contributed by atoms with E-state index in [9.17, 15) is 5.11 Å². The van der Waals surface area contributed by atoms with E-state index in [1.54, 1.807) is 0 Å². The molecule has 2 atom stereocenters. The quantitative estimate of drug-likeness (QED) is 0.276. The van der Waals surface area contributed by atoms with Crippen molar-refractivity contribution in [3.05, 3.63) is 59.2 Å². The Morgan fingerprint density at radius 1 is 0.889 bits per heavy atom. The fraction of sp³-hybridized carbons (Fsp3) is 0.625. The van der Waals surface area contributed by atoms with Gasteiger partial charge in [0.2, 0.25) is 0 Å². The van der Waals surface area contributed by atoms with Gasteiger partial charge in [0.05, 0.1) is 11.6 Å². The molecule has 3 nitrogen and oxygen atoms in total. The first kappa shape index (κ1) is 27.5. The van der Waals surface area contributed by atoms with Gasteiger partial charge in [0.1, 0.15) is 5.75 Å². The van der Waals surface area contributed by atoms with E-state index in [0.29, 0.717) is 12.1 Å². The SMILES string of the molecule is CCCCc1ccc(CCC2CCC(c3ccc4c(c3)SC(CCCC)(CCCC)O4)N2CO)cc1. The molecule has 0 aliphatic carbocycles. The molecule has 1 N–H and O–H groups in total. The minimum absolute atomic E-state index is 0.0893. The van der Waals surface area contributed by atoms with Crippen LogP contribution in [0.15, 0.2) is 47.4 Å². The van der Waals surface area contributed by atoms with Crippen LogP contribution >= 0.6 is 11.8 Å². The highest BCUT2D eigenvalue weighted by Crippen LogP contribution is 2.53. The molecule has 4 rings (SSSR count). The van der Waals surface area contributed by atoms with Crippen molar-refractivity contribution in [2.45, 2.75) is 126 Å². The van der Waals surface area contributed by atoms with E-state index in [0.717, 1.165) is 44.3 Å². The molecule has 1 saturated heterocycles. The Morgan fingerprint density at radius 3 is 2.19 bits per heavy atom. The molecule has 0 spiro atoms. The summed E-state index contributed by atoms with van der Waals surface area (Å²) in [5.41, 5.74) is 4.20. The molecular formula is C32H47NO2S. The molecule has 0 saturated carbocycles. The van der Waals surface area contributed by atoms with E-state index in [-0.39, 0.29) is 11.7 Å². The maximum Gasteiger partial charge on any atom is 0.159 e. The second kappa shape index (κ2) is 13.3. The largest absolute Gasteiger partial charge is 0.475 e. The molecule has 2 aliphatic heterocycles. The fourth-order valence-corrected chi connectivity index (χ4v) is 7.37. The average molecular weight is 510 g/mol. The Morgan fingerprint density at radius 2 is 1.56 bits per heavy atom. The summed E-state index contributed by atoms with van der Waals surface area (Å²) in [6.45, 7) is 6.91. The van der Waals surface area contributed by atoms with Crippen molar-refractivity contribution in [1.29, 1.82) is 0 Å². The number of aliphatic hydroxyl groups is 1. The van der Waals surface area contributed by atoms with Crippen molar-refractivity contribution in [2.24, 2.45) is 0 Å². The van der Waals surface area contributed by atoms with Crippen molar-refractivity contribution < 1.29 is 9.84 Å². The molecule has 0 bridgehead atoms. The van der Waals surface area contributed by atoms with Gasteiger partial charge in [0.15, 0.2) is 4.93 Å². The third-order valence-corrected chi connectivity index (χ3v) is 9.58. The van der Waals surface area contributed by atoms with Crippen molar-refractivity contribution in [1.82, 2.24) is 4.90 Å². The van der Waals surface area contributed by atoms with Gasteiger partial charge in [-0.15, -0.1) is 0 Å². The lowest BCUT2D eigenvalue weighted by Crippen LogP contribution is -2.32. The molecule has 2 unspecified atom stereocenters. The lowest BCUT2D eigenvalue weighted by Gasteiger charge is -2.28. The Kier molecular flexibility index (Phi) is 10.2. The van der Waals surface area contributed by atoms with Crippen LogP contribution in [0.3, 0.4) is 0 Å². The number of rotatable bonds is 14. The molecule has 2 aromatic rings. The van der Waals surface area contributed by atoms with Crippen molar-refractivity contribution >= 4 is 11.8 Å². The lowest BCUT2D eigenvalue weighted by atomic mass is 10.0. The summed E-state index contributed by atoms with van der Waals surface area (Å²) >= 11 is 1.96. The monoisotopic (exact) mass is 509 g/mol. The standard InChI is InChI=1S/C32H47NO2S/c1-4-7-10-25-11-13-26(14-12-25)15-17-28-18-19-29(33(28)24-34)27-16-20-30-31(23-27)36-32(35-30,21-8-5-2)22-9-6-3/h11-14,16,20,23,28-29,34H,4-10,15,17-19,21-22,24H2,1-3H3. The number of likely N-dealkylation sites (tertiary alicyclic amines) is 1. The maximum atomic E-state index is 10.4. The van der Waals surface area contributed by atoms with Gasteiger partial charge in [-0.25, -0.2) is 0 Å². The first-order valence-corrected chi connectivity index (χ1v) is 15.4. The van der Waals surface area contributed by atoms with Gasteiger partial charge in [-0.2, -0.15) is 0 Å². The first-order chi connectivity index (χ1) is 17.6. The molecule has 2 heterocycles. The Bertz CT molecular complexity index is 936. The predicted octanol–water partition coefficient (Wildman–Crippen LogP) is 8.68. The van der Waals surface area contributed by atoms with Crippen LogP contribution < -0.4 is 4.74 Å². The number of thioether (sulfide) groups is 1. The predicted molar refractivity (Wildman–Crippen MR) is 153 cm³/mol. The number of hydrogen-bond donors (Lipinski definition) is 1. The molecular weight excluding hydrogens is 462 g/mol. The molecule has 0 amide bonds. The molecule has 36 heavy (non-hydrogen) atoms. The van der Waals surface area contributed by atoms with E-state index < -0.39 is 0 Å². The number of fused-ring (bicyclic) bond motifs is 1. The van der Waals surface area contributed by atoms with Crippen LogP contribution in [0.5, 0.6) is 5.75 Å². The highest BCUT2D eigenvalue weighted by molar-refractivity contribution is 8.00. The third-order valence-electron chi connectivity index (χ3n) is 8.18. The Labute approximate surface area is 224 Å². The summed E-state index contributed by atoms with van der Waals surface area (Å²) in [6, 6.07) is 16.8. The van der Waals surface area contributed by atoms with Gasteiger partial charge in [0.25, 0.3) is 0 Å². The highest BCUT2D eigenvalue weighted by atomic mass is 32.2. The smallest absolute Gasteiger partial charge is 0.159 e. The van der Waals surface area contributed by atoms with Gasteiger partial charge in [-0.1, -0.05) is 82.1 Å². The summed E-state index contributed by atoms with van der Waals surface area (Å²) in [7, 11) is 0. The lowest BCUT2D eigenvalue weighted by molar-refractivity contribution is 0.0596. The van der Waals surface area contributed by atoms with Gasteiger partial charge in [-0.3, -0.25) is 4.90 Å². The van der Waals surface area contributed by atoms with Crippen LogP contribution in [-0.4, -0.2) is 27.7 Å². The number of aliphatic hydroxyl groups excluding tert-OH is 1. The number of aryl methyl sites for hydroxylation is 2. The number of nitrogens with zero attached hydrogens (tertiary/aromatic N) is 1.